The second-order valence-electron chi connectivity index (χ2n) is 4.19. The van der Waals surface area contributed by atoms with Gasteiger partial charge in [0.2, 0.25) is 0 Å². The molecule has 90 valence electrons. The van der Waals surface area contributed by atoms with Gasteiger partial charge in [0.1, 0.15) is 17.5 Å². The van der Waals surface area contributed by atoms with Crippen molar-refractivity contribution in [1.82, 2.24) is 15.1 Å². The highest BCUT2D eigenvalue weighted by Crippen LogP contribution is 2.22. The van der Waals surface area contributed by atoms with Crippen LogP contribution >= 0.6 is 0 Å². The lowest BCUT2D eigenvalue weighted by atomic mass is 10.2. The Bertz CT molecular complexity index is 519. The van der Waals surface area contributed by atoms with Crippen LogP contribution in [-0.2, 0) is 4.74 Å². The maximum atomic E-state index is 5.55. The first kappa shape index (κ1) is 10.5. The quantitative estimate of drug-likeness (QED) is 0.868. The van der Waals surface area contributed by atoms with Crippen LogP contribution in [0.3, 0.4) is 0 Å². The molecule has 6 nitrogen and oxygen atoms in total. The monoisotopic (exact) mass is 234 g/mol. The molecule has 0 aliphatic carbocycles. The van der Waals surface area contributed by atoms with Gasteiger partial charge in [0.05, 0.1) is 11.8 Å². The van der Waals surface area contributed by atoms with Gasteiger partial charge in [-0.2, -0.15) is 4.98 Å². The van der Waals surface area contributed by atoms with Gasteiger partial charge in [-0.3, -0.25) is 0 Å². The fourth-order valence-electron chi connectivity index (χ4n) is 2.07. The van der Waals surface area contributed by atoms with Crippen LogP contribution < -0.4 is 5.32 Å². The fourth-order valence-corrected chi connectivity index (χ4v) is 2.07. The van der Waals surface area contributed by atoms with E-state index in [4.69, 9.17) is 9.26 Å². The topological polar surface area (TPSA) is 73.1 Å². The number of anilines is 1. The van der Waals surface area contributed by atoms with E-state index in [-0.39, 0.29) is 6.10 Å². The molecule has 1 fully saturated rings. The molecule has 1 aliphatic rings. The third kappa shape index (κ3) is 1.95. The predicted octanol–water partition coefficient (Wildman–Crippen LogP) is 1.52. The molecule has 6 heteroatoms. The number of aryl methyl sites for hydroxylation is 1. The van der Waals surface area contributed by atoms with Crippen molar-refractivity contribution in [2.24, 2.45) is 0 Å². The molecule has 1 saturated heterocycles. The van der Waals surface area contributed by atoms with Crippen LogP contribution in [0.2, 0.25) is 0 Å². The minimum atomic E-state index is 0.278. The molecule has 0 amide bonds. The third-order valence-electron chi connectivity index (χ3n) is 2.96. The van der Waals surface area contributed by atoms with Gasteiger partial charge in [0, 0.05) is 13.2 Å². The van der Waals surface area contributed by atoms with Crippen LogP contribution in [-0.4, -0.2) is 34.4 Å². The van der Waals surface area contributed by atoms with Gasteiger partial charge in [0.25, 0.3) is 5.71 Å². The summed E-state index contributed by atoms with van der Waals surface area (Å²) in [7, 11) is 0. The van der Waals surface area contributed by atoms with Crippen molar-refractivity contribution in [3.63, 3.8) is 0 Å². The van der Waals surface area contributed by atoms with Gasteiger partial charge in [-0.05, 0) is 19.8 Å². The van der Waals surface area contributed by atoms with Crippen LogP contribution in [0, 0.1) is 6.92 Å². The number of nitrogens with one attached hydrogen (secondary N) is 1. The van der Waals surface area contributed by atoms with Crippen LogP contribution in [0.15, 0.2) is 10.9 Å². The summed E-state index contributed by atoms with van der Waals surface area (Å²) in [6.07, 6.45) is 3.99. The van der Waals surface area contributed by atoms with E-state index >= 15 is 0 Å². The fraction of sp³-hybridized carbons (Fsp3) is 0.545. The molecular weight excluding hydrogens is 220 g/mol. The zero-order chi connectivity index (χ0) is 11.7. The van der Waals surface area contributed by atoms with Crippen molar-refractivity contribution >= 4 is 16.9 Å². The summed E-state index contributed by atoms with van der Waals surface area (Å²) in [6.45, 7) is 3.50. The van der Waals surface area contributed by atoms with Crippen LogP contribution in [0.4, 0.5) is 5.82 Å². The van der Waals surface area contributed by atoms with E-state index < -0.39 is 0 Å². The molecule has 1 aliphatic heterocycles. The van der Waals surface area contributed by atoms with E-state index in [1.807, 2.05) is 6.92 Å². The molecule has 2 aromatic rings. The van der Waals surface area contributed by atoms with Crippen molar-refractivity contribution in [3.05, 3.63) is 12.0 Å². The smallest absolute Gasteiger partial charge is 0.263 e. The lowest BCUT2D eigenvalue weighted by molar-refractivity contribution is 0.120. The van der Waals surface area contributed by atoms with Crippen LogP contribution in [0.25, 0.3) is 11.1 Å². The summed E-state index contributed by atoms with van der Waals surface area (Å²) in [6, 6.07) is 0. The summed E-state index contributed by atoms with van der Waals surface area (Å²) in [5.41, 5.74) is 1.32. The van der Waals surface area contributed by atoms with Crippen molar-refractivity contribution in [3.8, 4) is 0 Å². The van der Waals surface area contributed by atoms with Gasteiger partial charge < -0.3 is 14.6 Å². The van der Waals surface area contributed by atoms with Gasteiger partial charge >= 0.3 is 0 Å². The summed E-state index contributed by atoms with van der Waals surface area (Å²) in [5.74, 6) is 0.768. The Labute approximate surface area is 98.4 Å². The van der Waals surface area contributed by atoms with E-state index in [1.54, 1.807) is 0 Å². The molecule has 3 heterocycles. The van der Waals surface area contributed by atoms with Gasteiger partial charge in [-0.25, -0.2) is 4.98 Å². The van der Waals surface area contributed by atoms with Crippen molar-refractivity contribution in [2.75, 3.05) is 18.5 Å². The molecule has 1 N–H and O–H groups in total. The lowest BCUT2D eigenvalue weighted by Crippen LogP contribution is -2.19. The molecule has 0 bridgehead atoms. The molecule has 0 unspecified atom stereocenters. The maximum Gasteiger partial charge on any atom is 0.263 e. The molecule has 3 rings (SSSR count). The Balaban J connectivity index is 1.81. The minimum Gasteiger partial charge on any atom is -0.376 e. The average molecular weight is 234 g/mol. The number of hydrogen-bond acceptors (Lipinski definition) is 6. The zero-order valence-corrected chi connectivity index (χ0v) is 9.64. The first-order valence-corrected chi connectivity index (χ1v) is 5.77. The molecule has 17 heavy (non-hydrogen) atoms. The Morgan fingerprint density at radius 2 is 2.41 bits per heavy atom. The maximum absolute atomic E-state index is 5.55. The number of hydrogen-bond donors (Lipinski definition) is 1. The summed E-state index contributed by atoms with van der Waals surface area (Å²) >= 11 is 0. The molecule has 0 spiro atoms. The van der Waals surface area contributed by atoms with E-state index in [0.717, 1.165) is 42.9 Å². The number of ether oxygens (including phenoxy) is 1. The van der Waals surface area contributed by atoms with E-state index in [0.29, 0.717) is 5.71 Å². The zero-order valence-electron chi connectivity index (χ0n) is 9.64. The first-order valence-electron chi connectivity index (χ1n) is 5.77. The van der Waals surface area contributed by atoms with Gasteiger partial charge in [0.15, 0.2) is 0 Å². The van der Waals surface area contributed by atoms with E-state index in [9.17, 15) is 0 Å². The highest BCUT2D eigenvalue weighted by Gasteiger charge is 2.17. The van der Waals surface area contributed by atoms with Crippen molar-refractivity contribution in [2.45, 2.75) is 25.9 Å². The highest BCUT2D eigenvalue weighted by atomic mass is 16.5. The second kappa shape index (κ2) is 4.29. The Hall–Kier alpha value is -1.69. The Kier molecular flexibility index (Phi) is 2.64. The highest BCUT2D eigenvalue weighted by molar-refractivity contribution is 5.87. The molecule has 0 aromatic carbocycles. The predicted molar refractivity (Wildman–Crippen MR) is 61.8 cm³/mol. The summed E-state index contributed by atoms with van der Waals surface area (Å²) in [5, 5.41) is 8.02. The molecule has 0 saturated carbocycles. The number of aromatic nitrogens is 3. The van der Waals surface area contributed by atoms with Crippen LogP contribution in [0.5, 0.6) is 0 Å². The molecular formula is C11H14N4O2. The van der Waals surface area contributed by atoms with Crippen molar-refractivity contribution in [1.29, 1.82) is 0 Å². The first-order chi connectivity index (χ1) is 8.34. The summed E-state index contributed by atoms with van der Waals surface area (Å²) in [4.78, 5) is 8.25. The van der Waals surface area contributed by atoms with E-state index in [1.165, 1.54) is 6.33 Å². The van der Waals surface area contributed by atoms with Crippen LogP contribution in [0.1, 0.15) is 18.5 Å². The minimum absolute atomic E-state index is 0.278. The lowest BCUT2D eigenvalue weighted by Gasteiger charge is -2.11. The average Bonchev–Trinajstić information content (AvgIpc) is 2.97. The second-order valence-corrected chi connectivity index (χ2v) is 4.19. The van der Waals surface area contributed by atoms with E-state index in [2.05, 4.69) is 20.4 Å². The molecule has 0 radical (unpaired) electrons. The van der Waals surface area contributed by atoms with Crippen molar-refractivity contribution < 1.29 is 9.26 Å². The largest absolute Gasteiger partial charge is 0.376 e. The number of fused-ring (bicyclic) bond motifs is 1. The number of rotatable bonds is 3. The normalized spacial score (nSPS) is 19.9. The Morgan fingerprint density at radius 3 is 3.24 bits per heavy atom. The standard InChI is InChI=1S/C11H14N4O2/c1-7-9-10(12-5-8-3-2-4-16-8)13-6-14-11(9)17-15-7/h6,8H,2-5H2,1H3,(H,12,13,14)/t8-/m1/s1. The Morgan fingerprint density at radius 1 is 1.47 bits per heavy atom. The third-order valence-corrected chi connectivity index (χ3v) is 2.96. The van der Waals surface area contributed by atoms with Gasteiger partial charge in [-0.1, -0.05) is 5.16 Å². The molecule has 1 atom stereocenters. The SMILES string of the molecule is Cc1noc2ncnc(NC[C@H]3CCCO3)c12. The van der Waals surface area contributed by atoms with Gasteiger partial charge in [-0.15, -0.1) is 0 Å². The summed E-state index contributed by atoms with van der Waals surface area (Å²) < 4.78 is 10.6. The molecule has 2 aromatic heterocycles. The number of nitrogens with zero attached hydrogens (tertiary/aromatic N) is 3.